The summed E-state index contributed by atoms with van der Waals surface area (Å²) in [7, 11) is -12.5. The first-order valence-electron chi connectivity index (χ1n) is 9.15. The molecule has 1 aliphatic heterocycles. The van der Waals surface area contributed by atoms with Crippen molar-refractivity contribution in [1.82, 2.24) is 0 Å². The lowest BCUT2D eigenvalue weighted by Gasteiger charge is -2.25. The average Bonchev–Trinajstić information content (AvgIpc) is 3.43. The Kier molecular flexibility index (Phi) is 6.17. The number of halogens is 3. The Labute approximate surface area is 173 Å². The van der Waals surface area contributed by atoms with E-state index in [0.717, 1.165) is 25.0 Å². The largest absolute Gasteiger partial charge is 0.501 e. The Morgan fingerprint density at radius 1 is 1.10 bits per heavy atom. The molecule has 2 fully saturated rings. The highest BCUT2D eigenvalue weighted by Gasteiger charge is 2.48. The number of anilines is 1. The summed E-state index contributed by atoms with van der Waals surface area (Å²) in [6.07, 6.45) is 2.98. The van der Waals surface area contributed by atoms with E-state index < -0.39 is 44.9 Å². The Morgan fingerprint density at radius 3 is 2.20 bits per heavy atom. The molecule has 30 heavy (non-hydrogen) atoms. The minimum atomic E-state index is -5.81. The molecule has 1 aromatic rings. The summed E-state index contributed by atoms with van der Waals surface area (Å²) in [5, 5.41) is 7.60. The van der Waals surface area contributed by atoms with E-state index in [1.165, 1.54) is 0 Å². The molecule has 8 nitrogen and oxygen atoms in total. The first kappa shape index (κ1) is 23.3. The Bertz CT molecular complexity index is 1140. The van der Waals surface area contributed by atoms with Gasteiger partial charge in [-0.25, -0.2) is 30.5 Å². The Morgan fingerprint density at radius 2 is 1.70 bits per heavy atom. The zero-order valence-corrected chi connectivity index (χ0v) is 18.2. The van der Waals surface area contributed by atoms with E-state index in [1.54, 1.807) is 0 Å². The number of nitrogens with zero attached hydrogens (tertiary/aromatic N) is 1. The van der Waals surface area contributed by atoms with E-state index in [0.29, 0.717) is 30.4 Å². The lowest BCUT2D eigenvalue weighted by Crippen LogP contribution is -2.29. The number of rotatable bonds is 6. The normalized spacial score (nSPS) is 25.7. The van der Waals surface area contributed by atoms with Gasteiger partial charge in [-0.3, -0.25) is 0 Å². The first-order chi connectivity index (χ1) is 13.7. The molecule has 3 rings (SSSR count). The quantitative estimate of drug-likeness (QED) is 0.628. The van der Waals surface area contributed by atoms with Crippen LogP contribution in [0.4, 0.5) is 18.9 Å². The molecular formula is C16H22F3N3O5S3. The zero-order valence-electron chi connectivity index (χ0n) is 15.8. The molecule has 170 valence electrons. The number of nitrogens with two attached hydrogens (primary N) is 1. The monoisotopic (exact) mass is 489 g/mol. The van der Waals surface area contributed by atoms with Gasteiger partial charge >= 0.3 is 5.51 Å². The number of primary sulfonamides is 1. The van der Waals surface area contributed by atoms with Gasteiger partial charge in [0.1, 0.15) is 4.90 Å². The van der Waals surface area contributed by atoms with Crippen molar-refractivity contribution in [2.75, 3.05) is 23.4 Å². The van der Waals surface area contributed by atoms with Crippen LogP contribution >= 0.6 is 0 Å². The topological polar surface area (TPSA) is 136 Å². The minimum Gasteiger partial charge on any atom is -0.384 e. The van der Waals surface area contributed by atoms with E-state index >= 15 is 0 Å². The van der Waals surface area contributed by atoms with E-state index in [4.69, 9.17) is 5.14 Å². The van der Waals surface area contributed by atoms with Crippen LogP contribution in [-0.2, 0) is 29.6 Å². The van der Waals surface area contributed by atoms with Crippen molar-refractivity contribution in [2.45, 2.75) is 47.0 Å². The molecule has 1 saturated heterocycles. The molecule has 14 heteroatoms. The van der Waals surface area contributed by atoms with Crippen LogP contribution in [0.2, 0.25) is 0 Å². The van der Waals surface area contributed by atoms with Gasteiger partial charge in [0.05, 0.1) is 16.6 Å². The summed E-state index contributed by atoms with van der Waals surface area (Å²) < 4.78 is 103. The summed E-state index contributed by atoms with van der Waals surface area (Å²) in [6, 6.07) is 2.48. The predicted molar refractivity (Wildman–Crippen MR) is 106 cm³/mol. The summed E-state index contributed by atoms with van der Waals surface area (Å²) in [6.45, 7) is 0.147. The van der Waals surface area contributed by atoms with Crippen LogP contribution in [0.3, 0.4) is 0 Å². The third-order valence-electron chi connectivity index (χ3n) is 5.04. The van der Waals surface area contributed by atoms with E-state index in [-0.39, 0.29) is 24.2 Å². The molecule has 2 aliphatic rings. The summed E-state index contributed by atoms with van der Waals surface area (Å²) >= 11 is 0. The zero-order chi connectivity index (χ0) is 22.4. The lowest BCUT2D eigenvalue weighted by atomic mass is 10.0. The van der Waals surface area contributed by atoms with Crippen LogP contribution < -0.4 is 10.5 Å². The number of hydrogen-bond acceptors (Lipinski definition) is 7. The van der Waals surface area contributed by atoms with Gasteiger partial charge in [0.2, 0.25) is 10.0 Å². The maximum absolute atomic E-state index is 13.1. The molecule has 0 unspecified atom stereocenters. The molecule has 1 saturated carbocycles. The molecule has 1 heterocycles. The molecule has 0 atom stereocenters. The van der Waals surface area contributed by atoms with Gasteiger partial charge in [0, 0.05) is 27.8 Å². The number of alkyl halides is 3. The fraction of sp³-hybridized carbons (Fsp3) is 0.625. The lowest BCUT2D eigenvalue weighted by molar-refractivity contribution is -0.0435. The Balaban J connectivity index is 1.80. The molecule has 0 amide bonds. The second-order valence-electron chi connectivity index (χ2n) is 7.49. The average molecular weight is 490 g/mol. The van der Waals surface area contributed by atoms with Crippen molar-refractivity contribution in [1.29, 1.82) is 0 Å². The van der Waals surface area contributed by atoms with Crippen LogP contribution in [0.5, 0.6) is 0 Å². The summed E-state index contributed by atoms with van der Waals surface area (Å²) in [5.41, 5.74) is -5.98. The highest BCUT2D eigenvalue weighted by Crippen LogP contribution is 2.36. The summed E-state index contributed by atoms with van der Waals surface area (Å²) in [5.74, 6) is 0.760. The van der Waals surface area contributed by atoms with Crippen molar-refractivity contribution in [3.05, 3.63) is 18.2 Å². The van der Waals surface area contributed by atoms with E-state index in [2.05, 4.69) is 9.68 Å². The van der Waals surface area contributed by atoms with Crippen LogP contribution in [0.25, 0.3) is 0 Å². The second-order valence-corrected chi connectivity index (χ2v) is 13.5. The maximum atomic E-state index is 13.1. The van der Waals surface area contributed by atoms with Gasteiger partial charge in [-0.05, 0) is 49.8 Å². The fourth-order valence-electron chi connectivity index (χ4n) is 3.14. The molecule has 3 N–H and O–H groups in total. The SMILES string of the molecule is NS(=O)(=O)c1ccc(NCC2CCS(=O)(=NC3CC3)CC2)c(S(=O)(=O)C(F)(F)F)c1. The fourth-order valence-corrected chi connectivity index (χ4v) is 7.28. The number of sulfone groups is 1. The molecule has 1 aliphatic carbocycles. The van der Waals surface area contributed by atoms with Crippen LogP contribution in [0.15, 0.2) is 32.4 Å². The molecule has 0 bridgehead atoms. The number of benzene rings is 1. The molecule has 0 radical (unpaired) electrons. The number of hydrogen-bond donors (Lipinski definition) is 2. The van der Waals surface area contributed by atoms with Crippen molar-refractivity contribution in [2.24, 2.45) is 15.4 Å². The standard InChI is InChI=1S/C16H22F3N3O5S3/c17-16(18,19)29(24,25)15-9-13(30(20,26)27)3-4-14(15)21-10-11-5-7-28(23,8-6-11)22-12-1-2-12/h3-4,9,11-12,21H,1-2,5-8,10H2,(H2,20,26,27). The predicted octanol–water partition coefficient (Wildman–Crippen LogP) is 2.08. The summed E-state index contributed by atoms with van der Waals surface area (Å²) in [4.78, 5) is -1.94. The van der Waals surface area contributed by atoms with Crippen LogP contribution in [0.1, 0.15) is 25.7 Å². The Hall–Kier alpha value is -1.38. The van der Waals surface area contributed by atoms with Crippen LogP contribution in [-0.4, -0.2) is 50.6 Å². The highest BCUT2D eigenvalue weighted by molar-refractivity contribution is 7.93. The maximum Gasteiger partial charge on any atom is 0.501 e. The van der Waals surface area contributed by atoms with Crippen molar-refractivity contribution in [3.8, 4) is 0 Å². The van der Waals surface area contributed by atoms with Crippen molar-refractivity contribution >= 4 is 35.3 Å². The first-order valence-corrected chi connectivity index (χ1v) is 14.0. The van der Waals surface area contributed by atoms with Gasteiger partial charge in [0.25, 0.3) is 9.84 Å². The smallest absolute Gasteiger partial charge is 0.384 e. The minimum absolute atomic E-state index is 0.0339. The van der Waals surface area contributed by atoms with Gasteiger partial charge in [0.15, 0.2) is 0 Å². The van der Waals surface area contributed by atoms with Crippen molar-refractivity contribution < 1.29 is 34.2 Å². The van der Waals surface area contributed by atoms with E-state index in [1.807, 2.05) is 0 Å². The number of sulfonamides is 1. The highest BCUT2D eigenvalue weighted by atomic mass is 32.2. The number of nitrogens with one attached hydrogen (secondary N) is 1. The second kappa shape index (κ2) is 7.95. The molecule has 0 spiro atoms. The molecular weight excluding hydrogens is 467 g/mol. The van der Waals surface area contributed by atoms with E-state index in [9.17, 15) is 34.2 Å². The van der Waals surface area contributed by atoms with Gasteiger partial charge in [-0.1, -0.05) is 0 Å². The van der Waals surface area contributed by atoms with Gasteiger partial charge < -0.3 is 5.32 Å². The van der Waals surface area contributed by atoms with Crippen molar-refractivity contribution in [3.63, 3.8) is 0 Å². The molecule has 1 aromatic carbocycles. The third-order valence-corrected chi connectivity index (χ3v) is 9.90. The molecule has 0 aromatic heterocycles. The third kappa shape index (κ3) is 5.26. The van der Waals surface area contributed by atoms with Gasteiger partial charge in [-0.2, -0.15) is 13.2 Å². The van der Waals surface area contributed by atoms with Gasteiger partial charge in [-0.15, -0.1) is 0 Å². The van der Waals surface area contributed by atoms with Crippen LogP contribution in [0, 0.1) is 5.92 Å².